The van der Waals surface area contributed by atoms with E-state index in [1.54, 1.807) is 0 Å². The molecule has 22 heavy (non-hydrogen) atoms. The minimum absolute atomic E-state index is 0. The average Bonchev–Trinajstić information content (AvgIpc) is 2.53. The zero-order chi connectivity index (χ0) is 15.2. The fraction of sp³-hybridized carbons (Fsp3) is 0.278. The lowest BCUT2D eigenvalue weighted by Gasteiger charge is -2.16. The van der Waals surface area contributed by atoms with Gasteiger partial charge < -0.3 is 11.1 Å². The largest absolute Gasteiger partial charge is 0.354 e. The van der Waals surface area contributed by atoms with Crippen LogP contribution in [0.4, 0.5) is 0 Å². The molecule has 4 heteroatoms. The third-order valence-corrected chi connectivity index (χ3v) is 3.67. The summed E-state index contributed by atoms with van der Waals surface area (Å²) in [6.45, 7) is 4.69. The molecule has 0 bridgehead atoms. The molecule has 0 saturated heterocycles. The minimum atomic E-state index is -0.617. The Bertz CT molecular complexity index is 584. The third-order valence-electron chi connectivity index (χ3n) is 3.67. The van der Waals surface area contributed by atoms with Crippen LogP contribution in [0.2, 0.25) is 0 Å². The van der Waals surface area contributed by atoms with E-state index in [2.05, 4.69) is 24.4 Å². The van der Waals surface area contributed by atoms with Gasteiger partial charge in [0.05, 0.1) is 0 Å². The number of halogens is 1. The predicted octanol–water partition coefficient (Wildman–Crippen LogP) is 3.34. The summed E-state index contributed by atoms with van der Waals surface area (Å²) >= 11 is 0. The highest BCUT2D eigenvalue weighted by atomic mass is 35.5. The van der Waals surface area contributed by atoms with Gasteiger partial charge in [-0.2, -0.15) is 0 Å². The normalized spacial score (nSPS) is 12.9. The van der Waals surface area contributed by atoms with E-state index in [0.29, 0.717) is 6.54 Å². The van der Waals surface area contributed by atoms with Gasteiger partial charge in [-0.05, 0) is 24.0 Å². The summed E-state index contributed by atoms with van der Waals surface area (Å²) in [6, 6.07) is 17.3. The Kier molecular flexibility index (Phi) is 7.09. The molecular formula is C18H23ClN2O. The Morgan fingerprint density at radius 2 is 1.64 bits per heavy atom. The molecule has 0 aliphatic heterocycles. The molecule has 2 rings (SSSR count). The molecule has 0 saturated carbocycles. The quantitative estimate of drug-likeness (QED) is 0.888. The number of amides is 1. The van der Waals surface area contributed by atoms with Gasteiger partial charge in [-0.3, -0.25) is 4.79 Å². The Labute approximate surface area is 138 Å². The monoisotopic (exact) mass is 318 g/mol. The van der Waals surface area contributed by atoms with Crippen LogP contribution >= 0.6 is 12.4 Å². The number of nitrogens with one attached hydrogen (secondary N) is 1. The van der Waals surface area contributed by atoms with Crippen molar-refractivity contribution in [3.05, 3.63) is 71.3 Å². The van der Waals surface area contributed by atoms with Gasteiger partial charge in [0.25, 0.3) is 0 Å². The zero-order valence-corrected chi connectivity index (χ0v) is 13.8. The molecule has 2 aromatic rings. The van der Waals surface area contributed by atoms with E-state index in [9.17, 15) is 4.79 Å². The summed E-state index contributed by atoms with van der Waals surface area (Å²) in [5, 5.41) is 2.93. The van der Waals surface area contributed by atoms with Gasteiger partial charge >= 0.3 is 0 Å². The van der Waals surface area contributed by atoms with Gasteiger partial charge in [0.15, 0.2) is 0 Å². The van der Waals surface area contributed by atoms with E-state index in [-0.39, 0.29) is 24.2 Å². The number of carbonyl (C=O) groups is 1. The molecule has 118 valence electrons. The molecule has 0 heterocycles. The van der Waals surface area contributed by atoms with Crippen LogP contribution in [0.5, 0.6) is 0 Å². The summed E-state index contributed by atoms with van der Waals surface area (Å²) in [5.74, 6) is 0.127. The highest BCUT2D eigenvalue weighted by Gasteiger charge is 2.16. The highest BCUT2D eigenvalue weighted by Crippen LogP contribution is 2.15. The first-order valence-corrected chi connectivity index (χ1v) is 7.22. The van der Waals surface area contributed by atoms with E-state index in [1.807, 2.05) is 49.4 Å². The number of nitrogens with two attached hydrogens (primary N) is 1. The molecule has 3 N–H and O–H groups in total. The van der Waals surface area contributed by atoms with Crippen LogP contribution in [-0.4, -0.2) is 12.5 Å². The molecule has 0 fully saturated rings. The second-order valence-electron chi connectivity index (χ2n) is 5.45. The smallest absolute Gasteiger partial charge is 0.241 e. The molecular weight excluding hydrogens is 296 g/mol. The van der Waals surface area contributed by atoms with E-state index in [4.69, 9.17) is 5.73 Å². The van der Waals surface area contributed by atoms with Crippen molar-refractivity contribution in [1.82, 2.24) is 5.32 Å². The molecule has 2 unspecified atom stereocenters. The molecule has 3 nitrogen and oxygen atoms in total. The van der Waals surface area contributed by atoms with Crippen LogP contribution in [0.25, 0.3) is 0 Å². The van der Waals surface area contributed by atoms with Crippen LogP contribution < -0.4 is 11.1 Å². The van der Waals surface area contributed by atoms with Crippen molar-refractivity contribution in [2.75, 3.05) is 6.54 Å². The van der Waals surface area contributed by atoms with E-state index >= 15 is 0 Å². The van der Waals surface area contributed by atoms with Gasteiger partial charge in [-0.15, -0.1) is 12.4 Å². The van der Waals surface area contributed by atoms with Crippen LogP contribution in [0.15, 0.2) is 54.6 Å². The zero-order valence-electron chi connectivity index (χ0n) is 13.0. The predicted molar refractivity (Wildman–Crippen MR) is 93.2 cm³/mol. The summed E-state index contributed by atoms with van der Waals surface area (Å²) in [7, 11) is 0. The number of benzene rings is 2. The Morgan fingerprint density at radius 1 is 1.05 bits per heavy atom. The molecule has 0 aromatic heterocycles. The van der Waals surface area contributed by atoms with E-state index in [1.165, 1.54) is 5.56 Å². The van der Waals surface area contributed by atoms with Crippen molar-refractivity contribution in [3.8, 4) is 0 Å². The summed E-state index contributed by atoms with van der Waals surface area (Å²) < 4.78 is 0. The molecule has 0 radical (unpaired) electrons. The Hall–Kier alpha value is -1.84. The van der Waals surface area contributed by atoms with Crippen LogP contribution in [-0.2, 0) is 4.79 Å². The van der Waals surface area contributed by atoms with Gasteiger partial charge in [-0.1, -0.05) is 67.1 Å². The summed E-state index contributed by atoms with van der Waals surface area (Å²) in [4.78, 5) is 12.1. The molecule has 2 atom stereocenters. The minimum Gasteiger partial charge on any atom is -0.354 e. The fourth-order valence-corrected chi connectivity index (χ4v) is 2.19. The van der Waals surface area contributed by atoms with Gasteiger partial charge in [0.2, 0.25) is 5.91 Å². The van der Waals surface area contributed by atoms with Crippen molar-refractivity contribution in [1.29, 1.82) is 0 Å². The topological polar surface area (TPSA) is 55.1 Å². The molecule has 0 spiro atoms. The molecule has 2 aromatic carbocycles. The maximum atomic E-state index is 12.1. The van der Waals surface area contributed by atoms with Crippen molar-refractivity contribution in [2.24, 2.45) is 5.73 Å². The first kappa shape index (κ1) is 18.2. The van der Waals surface area contributed by atoms with Crippen LogP contribution in [0, 0.1) is 6.92 Å². The number of rotatable bonds is 5. The Balaban J connectivity index is 0.00000242. The second kappa shape index (κ2) is 8.57. The standard InChI is InChI=1S/C18H22N2O.ClH/c1-13-8-10-16(11-9-13)17(19)18(21)20-12-14(2)15-6-4-3-5-7-15;/h3-11,14,17H,12,19H2,1-2H3,(H,20,21);1H. The van der Waals surface area contributed by atoms with Crippen molar-refractivity contribution in [2.45, 2.75) is 25.8 Å². The number of hydrogen-bond donors (Lipinski definition) is 2. The molecule has 0 aliphatic carbocycles. The first-order valence-electron chi connectivity index (χ1n) is 7.22. The molecule has 0 aliphatic rings. The fourth-order valence-electron chi connectivity index (χ4n) is 2.19. The van der Waals surface area contributed by atoms with Gasteiger partial charge in [-0.25, -0.2) is 0 Å². The van der Waals surface area contributed by atoms with E-state index in [0.717, 1.165) is 11.1 Å². The molecule has 1 amide bonds. The lowest BCUT2D eigenvalue weighted by molar-refractivity contribution is -0.122. The van der Waals surface area contributed by atoms with Gasteiger partial charge in [0, 0.05) is 6.54 Å². The van der Waals surface area contributed by atoms with Crippen LogP contribution in [0.3, 0.4) is 0 Å². The third kappa shape index (κ3) is 4.86. The van der Waals surface area contributed by atoms with E-state index < -0.39 is 6.04 Å². The highest BCUT2D eigenvalue weighted by molar-refractivity contribution is 5.85. The van der Waals surface area contributed by atoms with Crippen LogP contribution in [0.1, 0.15) is 35.6 Å². The summed E-state index contributed by atoms with van der Waals surface area (Å²) in [5.41, 5.74) is 9.21. The SMILES string of the molecule is Cc1ccc(C(N)C(=O)NCC(C)c2ccccc2)cc1.Cl. The lowest BCUT2D eigenvalue weighted by atomic mass is 10.0. The van der Waals surface area contributed by atoms with Crippen molar-refractivity contribution < 1.29 is 4.79 Å². The number of hydrogen-bond acceptors (Lipinski definition) is 2. The maximum absolute atomic E-state index is 12.1. The van der Waals surface area contributed by atoms with Crippen molar-refractivity contribution >= 4 is 18.3 Å². The number of aryl methyl sites for hydroxylation is 1. The summed E-state index contributed by atoms with van der Waals surface area (Å²) in [6.07, 6.45) is 0. The number of carbonyl (C=O) groups excluding carboxylic acids is 1. The van der Waals surface area contributed by atoms with Crippen molar-refractivity contribution in [3.63, 3.8) is 0 Å². The Morgan fingerprint density at radius 3 is 2.23 bits per heavy atom. The average molecular weight is 319 g/mol. The lowest BCUT2D eigenvalue weighted by Crippen LogP contribution is -2.36. The second-order valence-corrected chi connectivity index (χ2v) is 5.45. The van der Waals surface area contributed by atoms with Gasteiger partial charge in [0.1, 0.15) is 6.04 Å². The maximum Gasteiger partial charge on any atom is 0.241 e. The first-order chi connectivity index (χ1) is 10.1.